The van der Waals surface area contributed by atoms with Crippen LogP contribution in [-0.2, 0) is 33.2 Å². The lowest BCUT2D eigenvalue weighted by atomic mass is 9.87. The Kier molecular flexibility index (Phi) is 14.9. The molecular formula is C31H53NO21. The van der Waals surface area contributed by atoms with Gasteiger partial charge >= 0.3 is 0 Å². The van der Waals surface area contributed by atoms with Crippen LogP contribution in [0.1, 0.15) is 19.8 Å². The van der Waals surface area contributed by atoms with E-state index in [-0.39, 0.29) is 18.4 Å². The molecule has 0 aromatic rings. The molecule has 0 radical (unpaired) electrons. The highest BCUT2D eigenvalue weighted by molar-refractivity contribution is 5.22. The zero-order chi connectivity index (χ0) is 38.9. The molecule has 4 fully saturated rings. The molecule has 0 aromatic carbocycles. The maximum Gasteiger partial charge on any atom is 0.187 e. The molecule has 4 aliphatic heterocycles. The topological polar surface area (TPSA) is 360 Å². The van der Waals surface area contributed by atoms with Crippen molar-refractivity contribution in [2.24, 2.45) is 0 Å². The zero-order valence-electron chi connectivity index (χ0n) is 28.6. The van der Waals surface area contributed by atoms with Gasteiger partial charge in [-0.3, -0.25) is 0 Å². The van der Waals surface area contributed by atoms with Gasteiger partial charge in [-0.1, -0.05) is 6.08 Å². The van der Waals surface area contributed by atoms with E-state index in [1.807, 2.05) is 0 Å². The molecule has 15 N–H and O–H groups in total. The highest BCUT2D eigenvalue weighted by Crippen LogP contribution is 2.34. The van der Waals surface area contributed by atoms with Crippen LogP contribution in [0.2, 0.25) is 0 Å². The second-order valence-corrected chi connectivity index (χ2v) is 14.0. The lowest BCUT2D eigenvalue weighted by molar-refractivity contribution is -0.376. The average Bonchev–Trinajstić information content (AvgIpc) is 3.14. The number of rotatable bonds is 12. The fraction of sp³-hybridized carbons (Fsp3) is 0.935. The van der Waals surface area contributed by atoms with Crippen molar-refractivity contribution in [2.45, 2.75) is 155 Å². The SMILES string of the molecule is CC1OC(OC2CC(O)C(OC3C(CO)OC(OC4C(CO)OC(O)C(O)C4O)C(O)C3O)OC2CO)C(O)CC1NC1C=C(CO)C(O)C(O)C1O. The fourth-order valence-electron chi connectivity index (χ4n) is 7.20. The molecule has 5 rings (SSSR count). The highest BCUT2D eigenvalue weighted by atomic mass is 16.8. The van der Waals surface area contributed by atoms with Gasteiger partial charge in [0.05, 0.1) is 44.7 Å². The van der Waals surface area contributed by atoms with Gasteiger partial charge < -0.3 is 110 Å². The maximum atomic E-state index is 11.0. The number of nitrogens with one attached hydrogen (secondary N) is 1. The quantitative estimate of drug-likeness (QED) is 0.0818. The van der Waals surface area contributed by atoms with Crippen molar-refractivity contribution in [1.29, 1.82) is 0 Å². The van der Waals surface area contributed by atoms with Gasteiger partial charge in [0.2, 0.25) is 0 Å². The third kappa shape index (κ3) is 9.20. The standard InChI is InChI=1S/C31H53NO21/c1-9-11(32-12-2-10(5-33)19(39)21(41)20(12)40)3-13(37)29(47-9)49-15-4-14(38)30(50-16(15)6-34)52-27-18(8-36)51-31(25(45)23(27)43)53-26-17(7-35)48-28(46)24(44)22(26)42/h2,9,11-46H,3-8H2,1H3. The number of hydrogen-bond donors (Lipinski definition) is 15. The third-order valence-electron chi connectivity index (χ3n) is 10.4. The van der Waals surface area contributed by atoms with Crippen molar-refractivity contribution in [3.63, 3.8) is 0 Å². The molecule has 22 unspecified atom stereocenters. The van der Waals surface area contributed by atoms with Crippen LogP contribution in [0.25, 0.3) is 0 Å². The van der Waals surface area contributed by atoms with E-state index < -0.39 is 161 Å². The van der Waals surface area contributed by atoms with Crippen LogP contribution in [-0.4, -0.2) is 233 Å². The van der Waals surface area contributed by atoms with Gasteiger partial charge in [0, 0.05) is 12.5 Å². The maximum absolute atomic E-state index is 11.0. The predicted octanol–water partition coefficient (Wildman–Crippen LogP) is -8.68. The lowest BCUT2D eigenvalue weighted by Gasteiger charge is -2.48. The molecule has 0 bridgehead atoms. The van der Waals surface area contributed by atoms with Crippen molar-refractivity contribution >= 4 is 0 Å². The molecule has 0 amide bonds. The first-order valence-corrected chi connectivity index (χ1v) is 17.4. The van der Waals surface area contributed by atoms with Crippen LogP contribution in [0, 0.1) is 0 Å². The van der Waals surface area contributed by atoms with E-state index in [1.165, 1.54) is 6.08 Å². The molecule has 53 heavy (non-hydrogen) atoms. The van der Waals surface area contributed by atoms with E-state index in [4.69, 9.17) is 33.2 Å². The fourth-order valence-corrected chi connectivity index (χ4v) is 7.20. The molecule has 0 spiro atoms. The predicted molar refractivity (Wildman–Crippen MR) is 168 cm³/mol. The second-order valence-electron chi connectivity index (χ2n) is 14.0. The van der Waals surface area contributed by atoms with Gasteiger partial charge in [0.25, 0.3) is 0 Å². The third-order valence-corrected chi connectivity index (χ3v) is 10.4. The summed E-state index contributed by atoms with van der Waals surface area (Å²) in [6, 6.07) is -1.49. The van der Waals surface area contributed by atoms with E-state index >= 15 is 0 Å². The van der Waals surface area contributed by atoms with E-state index in [0.717, 1.165) is 0 Å². The Labute approximate surface area is 302 Å². The summed E-state index contributed by atoms with van der Waals surface area (Å²) in [5, 5.41) is 147. The lowest BCUT2D eigenvalue weighted by Crippen LogP contribution is -2.65. The first-order chi connectivity index (χ1) is 25.1. The normalized spacial score (nSPS) is 51.2. The first kappa shape index (κ1) is 43.0. The van der Waals surface area contributed by atoms with E-state index in [9.17, 15) is 71.5 Å². The van der Waals surface area contributed by atoms with Crippen LogP contribution < -0.4 is 5.32 Å². The number of aliphatic hydroxyl groups is 14. The van der Waals surface area contributed by atoms with E-state index in [1.54, 1.807) is 6.92 Å². The van der Waals surface area contributed by atoms with Crippen LogP contribution in [0.3, 0.4) is 0 Å². The van der Waals surface area contributed by atoms with E-state index in [2.05, 4.69) is 5.32 Å². The smallest absolute Gasteiger partial charge is 0.187 e. The Balaban J connectivity index is 1.17. The number of ether oxygens (including phenoxy) is 7. The Morgan fingerprint density at radius 2 is 1.15 bits per heavy atom. The summed E-state index contributed by atoms with van der Waals surface area (Å²) in [4.78, 5) is 0. The molecule has 0 aromatic heterocycles. The van der Waals surface area contributed by atoms with Crippen LogP contribution in [0.5, 0.6) is 0 Å². The van der Waals surface area contributed by atoms with Crippen LogP contribution in [0.15, 0.2) is 11.6 Å². The molecule has 1 aliphatic carbocycles. The summed E-state index contributed by atoms with van der Waals surface area (Å²) in [7, 11) is 0. The molecular weight excluding hydrogens is 722 g/mol. The Morgan fingerprint density at radius 1 is 0.604 bits per heavy atom. The van der Waals surface area contributed by atoms with Gasteiger partial charge in [0.15, 0.2) is 25.2 Å². The van der Waals surface area contributed by atoms with Crippen molar-refractivity contribution in [1.82, 2.24) is 5.32 Å². The summed E-state index contributed by atoms with van der Waals surface area (Å²) in [6.45, 7) is -1.17. The Bertz CT molecular complexity index is 1180. The molecule has 4 heterocycles. The van der Waals surface area contributed by atoms with Gasteiger partial charge in [-0.2, -0.15) is 0 Å². The number of hydrogen-bond acceptors (Lipinski definition) is 22. The number of aliphatic hydroxyl groups excluding tert-OH is 14. The van der Waals surface area contributed by atoms with Crippen molar-refractivity contribution < 1.29 is 105 Å². The molecule has 5 aliphatic rings. The summed E-state index contributed by atoms with van der Waals surface area (Å²) in [6.07, 6.45) is -28.9. The summed E-state index contributed by atoms with van der Waals surface area (Å²) >= 11 is 0. The van der Waals surface area contributed by atoms with Gasteiger partial charge in [-0.25, -0.2) is 0 Å². The summed E-state index contributed by atoms with van der Waals surface area (Å²) < 4.78 is 39.5. The zero-order valence-corrected chi connectivity index (χ0v) is 28.6. The molecule has 308 valence electrons. The minimum atomic E-state index is -1.93. The van der Waals surface area contributed by atoms with Gasteiger partial charge in [-0.15, -0.1) is 0 Å². The minimum Gasteiger partial charge on any atom is -0.394 e. The van der Waals surface area contributed by atoms with Crippen LogP contribution >= 0.6 is 0 Å². The first-order valence-electron chi connectivity index (χ1n) is 17.4. The minimum absolute atomic E-state index is 0.0206. The van der Waals surface area contributed by atoms with Gasteiger partial charge in [0.1, 0.15) is 85.5 Å². The van der Waals surface area contributed by atoms with Crippen LogP contribution in [0.4, 0.5) is 0 Å². The molecule has 0 saturated carbocycles. The molecule has 22 atom stereocenters. The highest BCUT2D eigenvalue weighted by Gasteiger charge is 2.53. The van der Waals surface area contributed by atoms with E-state index in [0.29, 0.717) is 0 Å². The van der Waals surface area contributed by atoms with Crippen molar-refractivity contribution in [3.8, 4) is 0 Å². The summed E-state index contributed by atoms with van der Waals surface area (Å²) in [5.41, 5.74) is 0.109. The molecule has 22 nitrogen and oxygen atoms in total. The molecule has 4 saturated heterocycles. The monoisotopic (exact) mass is 775 g/mol. The molecule has 22 heteroatoms. The van der Waals surface area contributed by atoms with Gasteiger partial charge in [-0.05, 0) is 18.9 Å². The Morgan fingerprint density at radius 3 is 1.77 bits per heavy atom. The second kappa shape index (κ2) is 18.4. The summed E-state index contributed by atoms with van der Waals surface area (Å²) in [5.74, 6) is 0. The largest absolute Gasteiger partial charge is 0.394 e. The van der Waals surface area contributed by atoms with Crippen molar-refractivity contribution in [2.75, 3.05) is 26.4 Å². The van der Waals surface area contributed by atoms with Crippen molar-refractivity contribution in [3.05, 3.63) is 11.6 Å². The Hall–Kier alpha value is -1.14. The average molecular weight is 776 g/mol.